The van der Waals surface area contributed by atoms with Gasteiger partial charge in [0.15, 0.2) is 0 Å². The Balaban J connectivity index is 1.68. The molecule has 0 unspecified atom stereocenters. The second-order valence-electron chi connectivity index (χ2n) is 4.41. The SMILES string of the molecule is Fc1cc(Cl)ccc1CNc1ccc(-c2nnco2)cc1. The van der Waals surface area contributed by atoms with E-state index in [1.54, 1.807) is 12.1 Å². The minimum Gasteiger partial charge on any atom is -0.423 e. The molecule has 0 saturated carbocycles. The van der Waals surface area contributed by atoms with Crippen molar-refractivity contribution in [3.63, 3.8) is 0 Å². The van der Waals surface area contributed by atoms with Crippen molar-refractivity contribution in [3.05, 3.63) is 65.3 Å². The second kappa shape index (κ2) is 5.93. The monoisotopic (exact) mass is 303 g/mol. The first-order valence-electron chi connectivity index (χ1n) is 6.27. The first-order valence-corrected chi connectivity index (χ1v) is 6.64. The van der Waals surface area contributed by atoms with Crippen molar-refractivity contribution in [1.82, 2.24) is 10.2 Å². The van der Waals surface area contributed by atoms with Gasteiger partial charge in [-0.1, -0.05) is 17.7 Å². The van der Waals surface area contributed by atoms with E-state index in [4.69, 9.17) is 16.0 Å². The van der Waals surface area contributed by atoms with Gasteiger partial charge in [0, 0.05) is 28.4 Å². The number of rotatable bonds is 4. The summed E-state index contributed by atoms with van der Waals surface area (Å²) in [5.41, 5.74) is 2.25. The maximum Gasteiger partial charge on any atom is 0.247 e. The predicted octanol–water partition coefficient (Wildman–Crippen LogP) is 4.14. The number of nitrogens with one attached hydrogen (secondary N) is 1. The fraction of sp³-hybridized carbons (Fsp3) is 0.0667. The number of nitrogens with zero attached hydrogens (tertiary/aromatic N) is 2. The highest BCUT2D eigenvalue weighted by molar-refractivity contribution is 6.30. The Labute approximate surface area is 125 Å². The normalized spacial score (nSPS) is 10.6. The minimum absolute atomic E-state index is 0.322. The molecule has 1 heterocycles. The van der Waals surface area contributed by atoms with Crippen LogP contribution in [0.3, 0.4) is 0 Å². The lowest BCUT2D eigenvalue weighted by Crippen LogP contribution is -2.01. The Morgan fingerprint density at radius 2 is 1.95 bits per heavy atom. The molecule has 0 radical (unpaired) electrons. The van der Waals surface area contributed by atoms with Gasteiger partial charge in [0.1, 0.15) is 5.82 Å². The van der Waals surface area contributed by atoms with Crippen molar-refractivity contribution >= 4 is 17.3 Å². The molecule has 0 aliphatic carbocycles. The minimum atomic E-state index is -0.322. The molecule has 3 rings (SSSR count). The molecule has 0 fully saturated rings. The molecule has 0 aliphatic heterocycles. The van der Waals surface area contributed by atoms with Crippen molar-refractivity contribution in [2.24, 2.45) is 0 Å². The molecule has 0 bridgehead atoms. The maximum absolute atomic E-state index is 13.7. The summed E-state index contributed by atoms with van der Waals surface area (Å²) in [6, 6.07) is 12.1. The molecule has 0 spiro atoms. The van der Waals surface area contributed by atoms with E-state index in [0.717, 1.165) is 11.3 Å². The van der Waals surface area contributed by atoms with Gasteiger partial charge in [0.05, 0.1) is 0 Å². The molecule has 0 amide bonds. The summed E-state index contributed by atoms with van der Waals surface area (Å²) in [6.45, 7) is 0.378. The number of hydrogen-bond donors (Lipinski definition) is 1. The maximum atomic E-state index is 13.7. The summed E-state index contributed by atoms with van der Waals surface area (Å²) in [4.78, 5) is 0. The molecule has 1 N–H and O–H groups in total. The van der Waals surface area contributed by atoms with Crippen molar-refractivity contribution in [1.29, 1.82) is 0 Å². The Morgan fingerprint density at radius 3 is 2.62 bits per heavy atom. The Morgan fingerprint density at radius 1 is 1.14 bits per heavy atom. The first-order chi connectivity index (χ1) is 10.2. The van der Waals surface area contributed by atoms with Crippen LogP contribution in [0.2, 0.25) is 5.02 Å². The van der Waals surface area contributed by atoms with Gasteiger partial charge in [-0.05, 0) is 36.4 Å². The summed E-state index contributed by atoms with van der Waals surface area (Å²) in [7, 11) is 0. The van der Waals surface area contributed by atoms with Crippen molar-refractivity contribution in [3.8, 4) is 11.5 Å². The molecule has 0 saturated heterocycles. The van der Waals surface area contributed by atoms with Crippen molar-refractivity contribution in [2.45, 2.75) is 6.54 Å². The first kappa shape index (κ1) is 13.6. The third-order valence-electron chi connectivity index (χ3n) is 2.99. The molecule has 106 valence electrons. The Hall–Kier alpha value is -2.40. The van der Waals surface area contributed by atoms with Gasteiger partial charge in [-0.15, -0.1) is 10.2 Å². The highest BCUT2D eigenvalue weighted by Gasteiger charge is 2.05. The van der Waals surface area contributed by atoms with Crippen LogP contribution in [-0.4, -0.2) is 10.2 Å². The van der Waals surface area contributed by atoms with E-state index in [1.807, 2.05) is 24.3 Å². The number of anilines is 1. The number of aromatic nitrogens is 2. The van der Waals surface area contributed by atoms with Gasteiger partial charge in [-0.3, -0.25) is 0 Å². The van der Waals surface area contributed by atoms with Crippen molar-refractivity contribution in [2.75, 3.05) is 5.32 Å². The third-order valence-corrected chi connectivity index (χ3v) is 3.23. The standard InChI is InChI=1S/C15H11ClFN3O/c16-12-4-1-11(14(17)7-12)8-18-13-5-2-10(3-6-13)15-20-19-9-21-15/h1-7,9,18H,8H2. The lowest BCUT2D eigenvalue weighted by atomic mass is 10.2. The molecule has 0 atom stereocenters. The molecule has 6 heteroatoms. The van der Waals surface area contributed by atoms with E-state index in [-0.39, 0.29) is 5.82 Å². The highest BCUT2D eigenvalue weighted by Crippen LogP contribution is 2.20. The van der Waals surface area contributed by atoms with E-state index in [2.05, 4.69) is 15.5 Å². The van der Waals surface area contributed by atoms with E-state index in [1.165, 1.54) is 12.5 Å². The molecule has 2 aromatic carbocycles. The van der Waals surface area contributed by atoms with E-state index < -0.39 is 0 Å². The molecule has 21 heavy (non-hydrogen) atoms. The fourth-order valence-electron chi connectivity index (χ4n) is 1.89. The van der Waals surface area contributed by atoms with E-state index in [9.17, 15) is 4.39 Å². The zero-order valence-corrected chi connectivity index (χ0v) is 11.6. The summed E-state index contributed by atoms with van der Waals surface area (Å²) in [6.07, 6.45) is 1.28. The Kier molecular flexibility index (Phi) is 3.83. The van der Waals surface area contributed by atoms with Crippen LogP contribution in [0.4, 0.5) is 10.1 Å². The van der Waals surface area contributed by atoms with Crippen LogP contribution in [0.1, 0.15) is 5.56 Å². The van der Waals surface area contributed by atoms with Gasteiger partial charge < -0.3 is 9.73 Å². The van der Waals surface area contributed by atoms with Crippen LogP contribution in [0.15, 0.2) is 53.3 Å². The van der Waals surface area contributed by atoms with Gasteiger partial charge >= 0.3 is 0 Å². The molecule has 0 aliphatic rings. The molecular formula is C15H11ClFN3O. The predicted molar refractivity (Wildman–Crippen MR) is 78.5 cm³/mol. The summed E-state index contributed by atoms with van der Waals surface area (Å²) in [5.74, 6) is 0.141. The Bertz CT molecular complexity index is 729. The second-order valence-corrected chi connectivity index (χ2v) is 4.85. The largest absolute Gasteiger partial charge is 0.423 e. The molecule has 3 aromatic rings. The molecular weight excluding hydrogens is 293 g/mol. The van der Waals surface area contributed by atoms with Gasteiger partial charge in [0.2, 0.25) is 12.3 Å². The average Bonchev–Trinajstić information content (AvgIpc) is 3.01. The van der Waals surface area contributed by atoms with Crippen LogP contribution in [-0.2, 0) is 6.54 Å². The lowest BCUT2D eigenvalue weighted by molar-refractivity contribution is 0.568. The number of benzene rings is 2. The number of hydrogen-bond acceptors (Lipinski definition) is 4. The summed E-state index contributed by atoms with van der Waals surface area (Å²) in [5, 5.41) is 11.0. The summed E-state index contributed by atoms with van der Waals surface area (Å²) < 4.78 is 18.8. The average molecular weight is 304 g/mol. The topological polar surface area (TPSA) is 51.0 Å². The van der Waals surface area contributed by atoms with Crippen LogP contribution in [0.5, 0.6) is 0 Å². The van der Waals surface area contributed by atoms with Crippen molar-refractivity contribution < 1.29 is 8.81 Å². The van der Waals surface area contributed by atoms with E-state index in [0.29, 0.717) is 23.0 Å². The van der Waals surface area contributed by atoms with Gasteiger partial charge in [0.25, 0.3) is 0 Å². The molecule has 4 nitrogen and oxygen atoms in total. The lowest BCUT2D eigenvalue weighted by Gasteiger charge is -2.08. The highest BCUT2D eigenvalue weighted by atomic mass is 35.5. The quantitative estimate of drug-likeness (QED) is 0.787. The third kappa shape index (κ3) is 3.20. The zero-order valence-electron chi connectivity index (χ0n) is 10.9. The van der Waals surface area contributed by atoms with Crippen LogP contribution < -0.4 is 5.32 Å². The van der Waals surface area contributed by atoms with Crippen LogP contribution in [0, 0.1) is 5.82 Å². The molecule has 1 aromatic heterocycles. The number of halogens is 2. The zero-order chi connectivity index (χ0) is 14.7. The summed E-state index contributed by atoms with van der Waals surface area (Å²) >= 11 is 5.72. The van der Waals surface area contributed by atoms with Crippen LogP contribution in [0.25, 0.3) is 11.5 Å². The fourth-order valence-corrected chi connectivity index (χ4v) is 2.05. The van der Waals surface area contributed by atoms with Gasteiger partial charge in [-0.2, -0.15) is 0 Å². The van der Waals surface area contributed by atoms with Gasteiger partial charge in [-0.25, -0.2) is 4.39 Å². The van der Waals surface area contributed by atoms with E-state index >= 15 is 0 Å². The smallest absolute Gasteiger partial charge is 0.247 e. The van der Waals surface area contributed by atoms with Crippen LogP contribution >= 0.6 is 11.6 Å².